The van der Waals surface area contributed by atoms with Crippen LogP contribution < -0.4 is 9.47 Å². The number of carbonyl (C=O) groups is 3. The predicted molar refractivity (Wildman–Crippen MR) is 134 cm³/mol. The lowest BCUT2D eigenvalue weighted by atomic mass is 9.66. The van der Waals surface area contributed by atoms with Crippen LogP contribution in [0.5, 0.6) is 11.5 Å². The van der Waals surface area contributed by atoms with Crippen molar-refractivity contribution in [3.8, 4) is 11.5 Å². The van der Waals surface area contributed by atoms with Crippen molar-refractivity contribution in [2.45, 2.75) is 90.0 Å². The molecule has 1 aliphatic heterocycles. The lowest BCUT2D eigenvalue weighted by Crippen LogP contribution is -2.56. The molecule has 1 aromatic rings. The van der Waals surface area contributed by atoms with Crippen LogP contribution in [0.3, 0.4) is 0 Å². The Morgan fingerprint density at radius 2 is 1.61 bits per heavy atom. The first kappa shape index (κ1) is 28.2. The average Bonchev–Trinajstić information content (AvgIpc) is 3.44. The van der Waals surface area contributed by atoms with E-state index in [9.17, 15) is 19.5 Å². The van der Waals surface area contributed by atoms with E-state index in [0.717, 1.165) is 0 Å². The summed E-state index contributed by atoms with van der Waals surface area (Å²) in [6.07, 6.45) is -2.65. The standard InChI is InChI=1S/C28H38O10/c1-14(2)28(32)13-21(35-15(3)29)27(6)22(28)20(12-26(5)23(38-26)24(27)36-16(4)30)37-25(31)17-9-10-18(33-7)19(11-17)34-8/h9-11,14,20-24,32H,12-13H2,1-8H3. The molecule has 10 nitrogen and oxygen atoms in total. The molecule has 0 amide bonds. The van der Waals surface area contributed by atoms with Gasteiger partial charge in [-0.3, -0.25) is 9.59 Å². The van der Waals surface area contributed by atoms with Crippen LogP contribution in [0, 0.1) is 17.3 Å². The zero-order valence-corrected chi connectivity index (χ0v) is 23.2. The van der Waals surface area contributed by atoms with Gasteiger partial charge in [-0.25, -0.2) is 4.79 Å². The molecule has 0 bridgehead atoms. The fraction of sp³-hybridized carbons (Fsp3) is 0.679. The fourth-order valence-corrected chi connectivity index (χ4v) is 6.72. The Balaban J connectivity index is 1.81. The molecular formula is C28H38O10. The van der Waals surface area contributed by atoms with E-state index in [-0.39, 0.29) is 24.3 Å². The Labute approximate surface area is 222 Å². The third-order valence-corrected chi connectivity index (χ3v) is 8.70. The highest BCUT2D eigenvalue weighted by Gasteiger charge is 2.77. The summed E-state index contributed by atoms with van der Waals surface area (Å²) in [7, 11) is 2.97. The first-order valence-electron chi connectivity index (χ1n) is 12.9. The van der Waals surface area contributed by atoms with Crippen molar-refractivity contribution in [1.29, 1.82) is 0 Å². The molecule has 4 rings (SSSR count). The van der Waals surface area contributed by atoms with E-state index >= 15 is 0 Å². The van der Waals surface area contributed by atoms with Crippen LogP contribution in [0.2, 0.25) is 0 Å². The minimum Gasteiger partial charge on any atom is -0.493 e. The number of rotatable bonds is 7. The SMILES string of the molecule is COc1ccc(C(=O)OC2CC3(C)OC3C(OC(C)=O)C3(C)C(OC(C)=O)CC(O)(C(C)C)C23)cc1OC. The average molecular weight is 535 g/mol. The molecule has 38 heavy (non-hydrogen) atoms. The first-order valence-corrected chi connectivity index (χ1v) is 12.9. The molecule has 210 valence electrons. The number of ether oxygens (including phenoxy) is 6. The number of aliphatic hydroxyl groups is 1. The molecule has 1 saturated heterocycles. The number of carbonyl (C=O) groups excluding carboxylic acids is 3. The van der Waals surface area contributed by atoms with E-state index in [1.54, 1.807) is 12.1 Å². The van der Waals surface area contributed by atoms with Crippen molar-refractivity contribution in [3.05, 3.63) is 23.8 Å². The summed E-state index contributed by atoms with van der Waals surface area (Å²) in [4.78, 5) is 37.9. The third-order valence-electron chi connectivity index (χ3n) is 8.70. The van der Waals surface area contributed by atoms with Crippen LogP contribution >= 0.6 is 0 Å². The van der Waals surface area contributed by atoms with Gasteiger partial charge in [-0.05, 0) is 31.0 Å². The second-order valence-corrected chi connectivity index (χ2v) is 11.4. The van der Waals surface area contributed by atoms with Gasteiger partial charge in [-0.15, -0.1) is 0 Å². The van der Waals surface area contributed by atoms with Gasteiger partial charge in [-0.2, -0.15) is 0 Å². The summed E-state index contributed by atoms with van der Waals surface area (Å²) >= 11 is 0. The summed E-state index contributed by atoms with van der Waals surface area (Å²) in [5.74, 6) is -1.85. The smallest absolute Gasteiger partial charge is 0.338 e. The lowest BCUT2D eigenvalue weighted by Gasteiger charge is -2.46. The molecule has 0 aromatic heterocycles. The molecule has 1 aromatic carbocycles. The quantitative estimate of drug-likeness (QED) is 0.316. The minimum absolute atomic E-state index is 0.0943. The van der Waals surface area contributed by atoms with Crippen LogP contribution in [0.1, 0.15) is 64.7 Å². The van der Waals surface area contributed by atoms with Crippen molar-refractivity contribution >= 4 is 17.9 Å². The van der Waals surface area contributed by atoms with E-state index in [1.807, 2.05) is 27.7 Å². The van der Waals surface area contributed by atoms with Crippen LogP contribution in [-0.2, 0) is 28.5 Å². The molecule has 8 unspecified atom stereocenters. The van der Waals surface area contributed by atoms with E-state index in [0.29, 0.717) is 11.5 Å². The Bertz CT molecular complexity index is 1120. The van der Waals surface area contributed by atoms with Gasteiger partial charge in [-0.1, -0.05) is 20.8 Å². The van der Waals surface area contributed by atoms with Crippen LogP contribution in [-0.4, -0.2) is 72.9 Å². The number of esters is 3. The molecule has 3 fully saturated rings. The minimum atomic E-state index is -1.40. The van der Waals surface area contributed by atoms with Crippen LogP contribution in [0.25, 0.3) is 0 Å². The molecule has 2 aliphatic carbocycles. The highest BCUT2D eigenvalue weighted by atomic mass is 16.7. The molecule has 3 aliphatic rings. The second-order valence-electron chi connectivity index (χ2n) is 11.4. The van der Waals surface area contributed by atoms with Crippen LogP contribution in [0.4, 0.5) is 0 Å². The van der Waals surface area contributed by atoms with Gasteiger partial charge in [0.2, 0.25) is 0 Å². The van der Waals surface area contributed by atoms with Crippen molar-refractivity contribution < 1.29 is 47.9 Å². The highest BCUT2D eigenvalue weighted by Crippen LogP contribution is 2.65. The zero-order valence-electron chi connectivity index (χ0n) is 23.2. The van der Waals surface area contributed by atoms with Gasteiger partial charge in [0, 0.05) is 32.6 Å². The Kier molecular flexibility index (Phi) is 7.20. The molecule has 1 heterocycles. The van der Waals surface area contributed by atoms with E-state index in [1.165, 1.54) is 34.1 Å². The number of epoxide rings is 1. The van der Waals surface area contributed by atoms with Gasteiger partial charge in [0.25, 0.3) is 0 Å². The maximum Gasteiger partial charge on any atom is 0.338 e. The lowest BCUT2D eigenvalue weighted by molar-refractivity contribution is -0.184. The topological polar surface area (TPSA) is 130 Å². The van der Waals surface area contributed by atoms with E-state index in [2.05, 4.69) is 0 Å². The number of fused-ring (bicyclic) bond motifs is 2. The number of methoxy groups -OCH3 is 2. The summed E-state index contributed by atoms with van der Waals surface area (Å²) in [5.41, 5.74) is -3.04. The molecular weight excluding hydrogens is 496 g/mol. The van der Waals surface area contributed by atoms with Gasteiger partial charge in [0.1, 0.15) is 24.4 Å². The van der Waals surface area contributed by atoms with Crippen molar-refractivity contribution in [2.75, 3.05) is 14.2 Å². The first-order chi connectivity index (χ1) is 17.7. The number of hydrogen-bond acceptors (Lipinski definition) is 10. The van der Waals surface area contributed by atoms with Crippen molar-refractivity contribution in [2.24, 2.45) is 17.3 Å². The molecule has 8 atom stereocenters. The summed E-state index contributed by atoms with van der Waals surface area (Å²) in [6.45, 7) is 10.0. The molecule has 2 saturated carbocycles. The van der Waals surface area contributed by atoms with Crippen molar-refractivity contribution in [1.82, 2.24) is 0 Å². The summed E-state index contributed by atoms with van der Waals surface area (Å²) in [6, 6.07) is 4.72. The van der Waals surface area contributed by atoms with E-state index < -0.39 is 64.9 Å². The Hall–Kier alpha value is -2.85. The maximum absolute atomic E-state index is 13.5. The van der Waals surface area contributed by atoms with E-state index in [4.69, 9.17) is 28.4 Å². The van der Waals surface area contributed by atoms with Crippen molar-refractivity contribution in [3.63, 3.8) is 0 Å². The summed E-state index contributed by atoms with van der Waals surface area (Å²) in [5, 5.41) is 12.2. The molecule has 0 radical (unpaired) electrons. The Morgan fingerprint density at radius 3 is 2.16 bits per heavy atom. The molecule has 10 heteroatoms. The van der Waals surface area contributed by atoms with Gasteiger partial charge in [0.15, 0.2) is 11.5 Å². The molecule has 1 N–H and O–H groups in total. The summed E-state index contributed by atoms with van der Waals surface area (Å²) < 4.78 is 34.5. The van der Waals surface area contributed by atoms with Crippen LogP contribution in [0.15, 0.2) is 18.2 Å². The van der Waals surface area contributed by atoms with Gasteiger partial charge < -0.3 is 33.5 Å². The maximum atomic E-state index is 13.5. The predicted octanol–water partition coefficient (Wildman–Crippen LogP) is 3.07. The largest absolute Gasteiger partial charge is 0.493 e. The fourth-order valence-electron chi connectivity index (χ4n) is 6.72. The third kappa shape index (κ3) is 4.51. The highest BCUT2D eigenvalue weighted by molar-refractivity contribution is 5.90. The zero-order chi connectivity index (χ0) is 28.2. The normalized spacial score (nSPS) is 37.4. The van der Waals surface area contributed by atoms with Gasteiger partial charge in [0.05, 0.1) is 36.4 Å². The van der Waals surface area contributed by atoms with Gasteiger partial charge >= 0.3 is 17.9 Å². The monoisotopic (exact) mass is 534 g/mol. The second kappa shape index (κ2) is 9.72. The molecule has 0 spiro atoms. The Morgan fingerprint density at radius 1 is 0.974 bits per heavy atom. The number of hydrogen-bond donors (Lipinski definition) is 1. The number of benzene rings is 1.